The lowest BCUT2D eigenvalue weighted by Crippen LogP contribution is -2.45. The maximum atomic E-state index is 12.3. The Morgan fingerprint density at radius 3 is 2.89 bits per heavy atom. The number of rotatable bonds is 4. The summed E-state index contributed by atoms with van der Waals surface area (Å²) in [5.74, 6) is 0.407. The smallest absolute Gasteiger partial charge is 0.337 e. The molecule has 2 amide bonds. The zero-order valence-corrected chi connectivity index (χ0v) is 16.1. The maximum Gasteiger partial charge on any atom is 0.337 e. The number of esters is 1. The van der Waals surface area contributed by atoms with E-state index in [0.717, 1.165) is 29.7 Å². The number of fused-ring (bicyclic) bond motifs is 3. The third-order valence-electron chi connectivity index (χ3n) is 5.53. The summed E-state index contributed by atoms with van der Waals surface area (Å²) in [6, 6.07) is 5.44. The average molecular weight is 386 g/mol. The van der Waals surface area contributed by atoms with E-state index in [2.05, 4.69) is 20.2 Å². The number of hydrogen-bond donors (Lipinski definition) is 2. The molecular formula is C20H26N4O4. The molecule has 1 aliphatic carbocycles. The quantitative estimate of drug-likeness (QED) is 0.788. The monoisotopic (exact) mass is 386 g/mol. The molecule has 0 bridgehead atoms. The number of ether oxygens (including phenoxy) is 2. The van der Waals surface area contributed by atoms with Gasteiger partial charge in [0.1, 0.15) is 12.4 Å². The van der Waals surface area contributed by atoms with Gasteiger partial charge in [-0.3, -0.25) is 0 Å². The lowest BCUT2D eigenvalue weighted by Gasteiger charge is -2.27. The van der Waals surface area contributed by atoms with Crippen molar-refractivity contribution < 1.29 is 19.1 Å². The number of methoxy groups -OCH3 is 1. The molecule has 8 nitrogen and oxygen atoms in total. The van der Waals surface area contributed by atoms with Crippen LogP contribution in [0.5, 0.6) is 0 Å². The number of benzene rings is 1. The first kappa shape index (κ1) is 18.7. The van der Waals surface area contributed by atoms with Crippen LogP contribution in [0.4, 0.5) is 4.79 Å². The summed E-state index contributed by atoms with van der Waals surface area (Å²) in [5, 5.41) is 6.05. The number of aromatic nitrogens is 2. The molecule has 8 heteroatoms. The van der Waals surface area contributed by atoms with Gasteiger partial charge in [-0.2, -0.15) is 0 Å². The largest absolute Gasteiger partial charge is 0.465 e. The van der Waals surface area contributed by atoms with Crippen LogP contribution in [0, 0.1) is 0 Å². The number of hydrogen-bond acceptors (Lipinski definition) is 5. The summed E-state index contributed by atoms with van der Waals surface area (Å²) in [6.07, 6.45) is 5.73. The van der Waals surface area contributed by atoms with Crippen LogP contribution in [0.3, 0.4) is 0 Å². The van der Waals surface area contributed by atoms with Gasteiger partial charge in [0.05, 0.1) is 36.4 Å². The molecule has 0 saturated heterocycles. The third kappa shape index (κ3) is 3.82. The Labute approximate surface area is 163 Å². The molecule has 0 spiro atoms. The van der Waals surface area contributed by atoms with Gasteiger partial charge in [-0.05, 0) is 31.0 Å². The van der Waals surface area contributed by atoms with Crippen LogP contribution in [0.2, 0.25) is 0 Å². The highest BCUT2D eigenvalue weighted by Gasteiger charge is 2.25. The Kier molecular flexibility index (Phi) is 5.47. The molecule has 2 aromatic rings. The Bertz CT molecular complexity index is 872. The van der Waals surface area contributed by atoms with Crippen LogP contribution < -0.4 is 10.6 Å². The van der Waals surface area contributed by atoms with Gasteiger partial charge >= 0.3 is 12.0 Å². The zero-order chi connectivity index (χ0) is 19.5. The first-order valence-electron chi connectivity index (χ1n) is 9.87. The van der Waals surface area contributed by atoms with Crippen LogP contribution in [-0.4, -0.2) is 47.9 Å². The predicted molar refractivity (Wildman–Crippen MR) is 103 cm³/mol. The fraction of sp³-hybridized carbons (Fsp3) is 0.550. The van der Waals surface area contributed by atoms with E-state index in [1.807, 2.05) is 6.07 Å². The molecule has 28 heavy (non-hydrogen) atoms. The highest BCUT2D eigenvalue weighted by molar-refractivity contribution is 5.93. The van der Waals surface area contributed by atoms with E-state index in [0.29, 0.717) is 25.3 Å². The van der Waals surface area contributed by atoms with Gasteiger partial charge in [0.25, 0.3) is 0 Å². The molecule has 150 valence electrons. The summed E-state index contributed by atoms with van der Waals surface area (Å²) in [5.41, 5.74) is 2.11. The van der Waals surface area contributed by atoms with Gasteiger partial charge in [0.15, 0.2) is 0 Å². The first-order chi connectivity index (χ1) is 13.7. The Balaban J connectivity index is 1.47. The second-order valence-corrected chi connectivity index (χ2v) is 7.45. The molecule has 0 unspecified atom stereocenters. The van der Waals surface area contributed by atoms with Crippen LogP contribution >= 0.6 is 0 Å². The van der Waals surface area contributed by atoms with Gasteiger partial charge < -0.3 is 24.7 Å². The second kappa shape index (κ2) is 8.18. The molecule has 0 radical (unpaired) electrons. The minimum atomic E-state index is -0.387. The van der Waals surface area contributed by atoms with Crippen molar-refractivity contribution in [3.8, 4) is 0 Å². The van der Waals surface area contributed by atoms with Crippen molar-refractivity contribution in [3.05, 3.63) is 29.6 Å². The molecule has 1 atom stereocenters. The topological polar surface area (TPSA) is 94.5 Å². The van der Waals surface area contributed by atoms with Crippen molar-refractivity contribution in [2.24, 2.45) is 0 Å². The van der Waals surface area contributed by atoms with Crippen molar-refractivity contribution in [1.82, 2.24) is 20.2 Å². The molecule has 2 N–H and O–H groups in total. The Hall–Kier alpha value is -2.61. The number of nitrogens with zero attached hydrogens (tertiary/aromatic N) is 2. The fourth-order valence-corrected chi connectivity index (χ4v) is 4.11. The fourth-order valence-electron chi connectivity index (χ4n) is 4.11. The third-order valence-corrected chi connectivity index (χ3v) is 5.53. The van der Waals surface area contributed by atoms with Crippen LogP contribution in [0.15, 0.2) is 18.2 Å². The van der Waals surface area contributed by atoms with Gasteiger partial charge in [-0.1, -0.05) is 19.3 Å². The van der Waals surface area contributed by atoms with E-state index in [9.17, 15) is 9.59 Å². The normalized spacial score (nSPS) is 19.8. The molecule has 4 rings (SSSR count). The molecular weight excluding hydrogens is 360 g/mol. The standard InChI is InChI=1S/C20H26N4O4/c1-27-19(25)13-7-8-17-16(9-13)23-18-12-28-11-15(24(17)18)10-21-20(26)22-14-5-3-2-4-6-14/h7-9,14-15H,2-6,10-12H2,1H3,(H2,21,22,26)/t15-/m0/s1. The number of carbonyl (C=O) groups excluding carboxylic acids is 2. The van der Waals surface area contributed by atoms with Gasteiger partial charge in [0, 0.05) is 12.6 Å². The highest BCUT2D eigenvalue weighted by Crippen LogP contribution is 2.26. The molecule has 1 aliphatic heterocycles. The van der Waals surface area contributed by atoms with Crippen molar-refractivity contribution in [2.45, 2.75) is 50.8 Å². The summed E-state index contributed by atoms with van der Waals surface area (Å²) < 4.78 is 12.6. The SMILES string of the molecule is COC(=O)c1ccc2c(c1)nc1n2[C@@H](CNC(=O)NC2CCCCC2)COC1. The summed E-state index contributed by atoms with van der Waals surface area (Å²) in [7, 11) is 1.36. The lowest BCUT2D eigenvalue weighted by molar-refractivity contribution is 0.0571. The van der Waals surface area contributed by atoms with E-state index >= 15 is 0 Å². The average Bonchev–Trinajstić information content (AvgIpc) is 3.10. The Morgan fingerprint density at radius 1 is 1.29 bits per heavy atom. The first-order valence-corrected chi connectivity index (χ1v) is 9.87. The second-order valence-electron chi connectivity index (χ2n) is 7.45. The molecule has 1 aromatic carbocycles. The van der Waals surface area contributed by atoms with E-state index in [1.165, 1.54) is 26.4 Å². The van der Waals surface area contributed by atoms with E-state index in [-0.39, 0.29) is 24.1 Å². The molecule has 2 heterocycles. The van der Waals surface area contributed by atoms with Crippen molar-refractivity contribution in [1.29, 1.82) is 0 Å². The van der Waals surface area contributed by atoms with E-state index < -0.39 is 0 Å². The lowest BCUT2D eigenvalue weighted by atomic mass is 9.96. The Morgan fingerprint density at radius 2 is 2.11 bits per heavy atom. The van der Waals surface area contributed by atoms with Crippen molar-refractivity contribution >= 4 is 23.0 Å². The number of amides is 2. The minimum Gasteiger partial charge on any atom is -0.465 e. The van der Waals surface area contributed by atoms with Crippen LogP contribution in [-0.2, 0) is 16.1 Å². The van der Waals surface area contributed by atoms with Crippen LogP contribution in [0.1, 0.15) is 54.3 Å². The summed E-state index contributed by atoms with van der Waals surface area (Å²) >= 11 is 0. The molecule has 1 aromatic heterocycles. The van der Waals surface area contributed by atoms with E-state index in [4.69, 9.17) is 9.47 Å². The highest BCUT2D eigenvalue weighted by atomic mass is 16.5. The van der Waals surface area contributed by atoms with Crippen LogP contribution in [0.25, 0.3) is 11.0 Å². The number of nitrogens with one attached hydrogen (secondary N) is 2. The molecule has 1 fully saturated rings. The summed E-state index contributed by atoms with van der Waals surface area (Å²) in [4.78, 5) is 28.7. The summed E-state index contributed by atoms with van der Waals surface area (Å²) in [6.45, 7) is 1.36. The maximum absolute atomic E-state index is 12.3. The number of urea groups is 1. The number of imidazole rings is 1. The number of carbonyl (C=O) groups is 2. The van der Waals surface area contributed by atoms with Crippen molar-refractivity contribution in [2.75, 3.05) is 20.3 Å². The zero-order valence-electron chi connectivity index (χ0n) is 16.1. The van der Waals surface area contributed by atoms with Crippen molar-refractivity contribution in [3.63, 3.8) is 0 Å². The minimum absolute atomic E-state index is 0.0465. The predicted octanol–water partition coefficient (Wildman–Crippen LogP) is 2.53. The molecule has 2 aliphatic rings. The van der Waals surface area contributed by atoms with E-state index in [1.54, 1.807) is 12.1 Å². The van der Waals surface area contributed by atoms with Gasteiger partial charge in [0.2, 0.25) is 0 Å². The molecule has 1 saturated carbocycles. The van der Waals surface area contributed by atoms with Gasteiger partial charge in [-0.25, -0.2) is 14.6 Å². The van der Waals surface area contributed by atoms with Gasteiger partial charge in [-0.15, -0.1) is 0 Å².